The number of hydrogen-bond donors (Lipinski definition) is 1. The number of benzene rings is 3. The van der Waals surface area contributed by atoms with Gasteiger partial charge in [0.15, 0.2) is 0 Å². The van der Waals surface area contributed by atoms with Crippen molar-refractivity contribution < 1.29 is 4.79 Å². The Labute approximate surface area is 162 Å². The fourth-order valence-corrected chi connectivity index (χ4v) is 3.57. The molecular formula is C25H29NO. The molecule has 0 fully saturated rings. The summed E-state index contributed by atoms with van der Waals surface area (Å²) in [5.41, 5.74) is 3.56. The number of nitrogens with one attached hydrogen (secondary N) is 1. The Morgan fingerprint density at radius 1 is 0.815 bits per heavy atom. The van der Waals surface area contributed by atoms with E-state index < -0.39 is 0 Å². The number of rotatable bonds is 6. The molecule has 0 saturated carbocycles. The Hall–Kier alpha value is -2.61. The molecule has 2 heteroatoms. The normalized spacial score (nSPS) is 12.5. The van der Waals surface area contributed by atoms with Gasteiger partial charge in [-0.1, -0.05) is 94.4 Å². The fourth-order valence-electron chi connectivity index (χ4n) is 3.57. The number of carbonyl (C=O) groups is 1. The molecule has 0 bridgehead atoms. The average molecular weight is 360 g/mol. The van der Waals surface area contributed by atoms with Crippen molar-refractivity contribution in [2.45, 2.75) is 46.1 Å². The molecule has 1 N–H and O–H groups in total. The SMILES string of the molecule is CC(C)c1ccc([C@H](NC(=O)Cc2cccc3ccccc23)C(C)C)cc1. The van der Waals surface area contributed by atoms with Crippen LogP contribution in [0, 0.1) is 5.92 Å². The predicted octanol–water partition coefficient (Wildman–Crippen LogP) is 6.02. The van der Waals surface area contributed by atoms with Crippen LogP contribution >= 0.6 is 0 Å². The van der Waals surface area contributed by atoms with Crippen molar-refractivity contribution in [1.82, 2.24) is 5.32 Å². The monoisotopic (exact) mass is 359 g/mol. The molecule has 0 spiro atoms. The van der Waals surface area contributed by atoms with Crippen LogP contribution in [0.25, 0.3) is 10.8 Å². The third-order valence-electron chi connectivity index (χ3n) is 5.18. The highest BCUT2D eigenvalue weighted by atomic mass is 16.1. The standard InChI is InChI=1S/C25H29NO/c1-17(2)19-12-14-21(15-13-19)25(18(3)4)26-24(27)16-22-10-7-9-20-8-5-6-11-23(20)22/h5-15,17-18,25H,16H2,1-4H3,(H,26,27)/t25-/m1/s1. The van der Waals surface area contributed by atoms with E-state index in [1.54, 1.807) is 0 Å². The molecule has 0 aliphatic heterocycles. The van der Waals surface area contributed by atoms with E-state index in [2.05, 4.69) is 75.5 Å². The van der Waals surface area contributed by atoms with Crippen LogP contribution in [0.4, 0.5) is 0 Å². The molecule has 3 rings (SSSR count). The van der Waals surface area contributed by atoms with Crippen LogP contribution in [-0.2, 0) is 11.2 Å². The summed E-state index contributed by atoms with van der Waals surface area (Å²) in [6.07, 6.45) is 0.397. The highest BCUT2D eigenvalue weighted by Gasteiger charge is 2.19. The van der Waals surface area contributed by atoms with Gasteiger partial charge in [-0.3, -0.25) is 4.79 Å². The number of amides is 1. The quantitative estimate of drug-likeness (QED) is 0.573. The summed E-state index contributed by atoms with van der Waals surface area (Å²) in [5.74, 6) is 0.904. The number of fused-ring (bicyclic) bond motifs is 1. The molecule has 3 aromatic carbocycles. The van der Waals surface area contributed by atoms with E-state index in [1.165, 1.54) is 16.5 Å². The zero-order valence-corrected chi connectivity index (χ0v) is 16.7. The molecule has 0 unspecified atom stereocenters. The largest absolute Gasteiger partial charge is 0.349 e. The molecule has 140 valence electrons. The lowest BCUT2D eigenvalue weighted by molar-refractivity contribution is -0.121. The van der Waals surface area contributed by atoms with Gasteiger partial charge in [-0.05, 0) is 39.3 Å². The van der Waals surface area contributed by atoms with Gasteiger partial charge in [0.05, 0.1) is 12.5 Å². The molecule has 1 amide bonds. The van der Waals surface area contributed by atoms with E-state index in [4.69, 9.17) is 0 Å². The van der Waals surface area contributed by atoms with Crippen molar-refractivity contribution in [3.8, 4) is 0 Å². The van der Waals surface area contributed by atoms with Crippen molar-refractivity contribution >= 4 is 16.7 Å². The summed E-state index contributed by atoms with van der Waals surface area (Å²) in [6.45, 7) is 8.69. The third kappa shape index (κ3) is 4.57. The maximum atomic E-state index is 12.8. The van der Waals surface area contributed by atoms with E-state index in [0.29, 0.717) is 18.3 Å². The minimum Gasteiger partial charge on any atom is -0.349 e. The first-order chi connectivity index (χ1) is 13.0. The zero-order valence-electron chi connectivity index (χ0n) is 16.7. The Bertz CT molecular complexity index is 904. The van der Waals surface area contributed by atoms with Gasteiger partial charge in [0, 0.05) is 0 Å². The summed E-state index contributed by atoms with van der Waals surface area (Å²) in [6, 6.07) is 23.1. The lowest BCUT2D eigenvalue weighted by Crippen LogP contribution is -2.32. The van der Waals surface area contributed by atoms with Crippen LogP contribution in [-0.4, -0.2) is 5.91 Å². The molecule has 0 radical (unpaired) electrons. The number of hydrogen-bond acceptors (Lipinski definition) is 1. The molecule has 0 aliphatic rings. The molecule has 3 aromatic rings. The topological polar surface area (TPSA) is 29.1 Å². The van der Waals surface area contributed by atoms with Crippen LogP contribution in [0.15, 0.2) is 66.7 Å². The maximum absolute atomic E-state index is 12.8. The van der Waals surface area contributed by atoms with Crippen molar-refractivity contribution in [3.05, 3.63) is 83.4 Å². The second kappa shape index (κ2) is 8.39. The Morgan fingerprint density at radius 2 is 1.44 bits per heavy atom. The average Bonchev–Trinajstić information content (AvgIpc) is 2.66. The van der Waals surface area contributed by atoms with Gasteiger partial charge in [-0.2, -0.15) is 0 Å². The van der Waals surface area contributed by atoms with Crippen LogP contribution in [0.5, 0.6) is 0 Å². The molecule has 27 heavy (non-hydrogen) atoms. The lowest BCUT2D eigenvalue weighted by atomic mass is 9.93. The second-order valence-corrected chi connectivity index (χ2v) is 7.93. The van der Waals surface area contributed by atoms with Crippen molar-refractivity contribution in [1.29, 1.82) is 0 Å². The first-order valence-corrected chi connectivity index (χ1v) is 9.81. The van der Waals surface area contributed by atoms with Gasteiger partial charge < -0.3 is 5.32 Å². The Balaban J connectivity index is 1.77. The van der Waals surface area contributed by atoms with Crippen molar-refractivity contribution in [2.24, 2.45) is 5.92 Å². The van der Waals surface area contributed by atoms with Crippen molar-refractivity contribution in [3.63, 3.8) is 0 Å². The van der Waals surface area contributed by atoms with Gasteiger partial charge >= 0.3 is 0 Å². The van der Waals surface area contributed by atoms with E-state index in [-0.39, 0.29) is 11.9 Å². The fraction of sp³-hybridized carbons (Fsp3) is 0.320. The van der Waals surface area contributed by atoms with Gasteiger partial charge in [0.25, 0.3) is 0 Å². The molecule has 0 heterocycles. The number of carbonyl (C=O) groups excluding carboxylic acids is 1. The van der Waals surface area contributed by atoms with Gasteiger partial charge in [0.1, 0.15) is 0 Å². The molecule has 0 saturated heterocycles. The van der Waals surface area contributed by atoms with Gasteiger partial charge in [-0.15, -0.1) is 0 Å². The summed E-state index contributed by atoms with van der Waals surface area (Å²) < 4.78 is 0. The van der Waals surface area contributed by atoms with Gasteiger partial charge in [-0.25, -0.2) is 0 Å². The van der Waals surface area contributed by atoms with E-state index in [0.717, 1.165) is 10.9 Å². The minimum atomic E-state index is 0.0219. The third-order valence-corrected chi connectivity index (χ3v) is 5.18. The molecule has 2 nitrogen and oxygen atoms in total. The van der Waals surface area contributed by atoms with E-state index >= 15 is 0 Å². The lowest BCUT2D eigenvalue weighted by Gasteiger charge is -2.23. The molecule has 0 aliphatic carbocycles. The highest BCUT2D eigenvalue weighted by Crippen LogP contribution is 2.25. The summed E-state index contributed by atoms with van der Waals surface area (Å²) in [5, 5.41) is 5.58. The first kappa shape index (κ1) is 19.2. The van der Waals surface area contributed by atoms with Crippen LogP contribution < -0.4 is 5.32 Å². The highest BCUT2D eigenvalue weighted by molar-refractivity contribution is 5.90. The van der Waals surface area contributed by atoms with Gasteiger partial charge in [0.2, 0.25) is 5.91 Å². The second-order valence-electron chi connectivity index (χ2n) is 7.93. The predicted molar refractivity (Wildman–Crippen MR) is 114 cm³/mol. The summed E-state index contributed by atoms with van der Waals surface area (Å²) >= 11 is 0. The van der Waals surface area contributed by atoms with E-state index in [9.17, 15) is 4.79 Å². The van der Waals surface area contributed by atoms with Crippen LogP contribution in [0.2, 0.25) is 0 Å². The Morgan fingerprint density at radius 3 is 2.11 bits per heavy atom. The van der Waals surface area contributed by atoms with E-state index in [1.807, 2.05) is 24.3 Å². The smallest absolute Gasteiger partial charge is 0.224 e. The van der Waals surface area contributed by atoms with Crippen LogP contribution in [0.1, 0.15) is 56.3 Å². The molecular weight excluding hydrogens is 330 g/mol. The first-order valence-electron chi connectivity index (χ1n) is 9.81. The van der Waals surface area contributed by atoms with Crippen LogP contribution in [0.3, 0.4) is 0 Å². The molecule has 0 aromatic heterocycles. The Kier molecular flexibility index (Phi) is 5.95. The zero-order chi connectivity index (χ0) is 19.4. The summed E-state index contributed by atoms with van der Waals surface area (Å²) in [7, 11) is 0. The maximum Gasteiger partial charge on any atom is 0.224 e. The summed E-state index contributed by atoms with van der Waals surface area (Å²) in [4.78, 5) is 12.8. The van der Waals surface area contributed by atoms with Crippen molar-refractivity contribution in [2.75, 3.05) is 0 Å². The molecule has 1 atom stereocenters. The minimum absolute atomic E-state index is 0.0219.